The molecule has 0 N–H and O–H groups in total. The van der Waals surface area contributed by atoms with Gasteiger partial charge in [0.15, 0.2) is 5.76 Å². The van der Waals surface area contributed by atoms with Gasteiger partial charge in [-0.05, 0) is 55.2 Å². The molecule has 0 saturated carbocycles. The van der Waals surface area contributed by atoms with Crippen LogP contribution in [0, 0.1) is 5.92 Å². The van der Waals surface area contributed by atoms with E-state index in [1.54, 1.807) is 17.9 Å². The summed E-state index contributed by atoms with van der Waals surface area (Å²) >= 11 is 1.49. The summed E-state index contributed by atoms with van der Waals surface area (Å²) in [5, 5.41) is 9.52. The number of hydrogen-bond donors (Lipinski definition) is 0. The van der Waals surface area contributed by atoms with Crippen LogP contribution in [-0.2, 0) is 15.3 Å². The predicted molar refractivity (Wildman–Crippen MR) is 146 cm³/mol. The highest BCUT2D eigenvalue weighted by atomic mass is 32.2. The van der Waals surface area contributed by atoms with Crippen molar-refractivity contribution in [3.63, 3.8) is 0 Å². The van der Waals surface area contributed by atoms with Crippen LogP contribution in [0.15, 0.2) is 88.3 Å². The summed E-state index contributed by atoms with van der Waals surface area (Å²) in [6, 6.07) is 25.9. The number of hydrogen-bond acceptors (Lipinski definition) is 7. The molecular weight excluding hydrogens is 498 g/mol. The third-order valence-corrected chi connectivity index (χ3v) is 7.43. The van der Waals surface area contributed by atoms with E-state index in [1.165, 1.54) is 17.3 Å². The minimum Gasteiger partial charge on any atom is -0.466 e. The number of carbonyl (C=O) groups excluding carboxylic acids is 2. The second-order valence-corrected chi connectivity index (χ2v) is 10.1. The lowest BCUT2D eigenvalue weighted by Gasteiger charge is -2.30. The minimum absolute atomic E-state index is 0.197. The molecule has 1 aliphatic heterocycles. The molecule has 1 aliphatic rings. The molecule has 1 saturated heterocycles. The molecule has 3 heterocycles. The van der Waals surface area contributed by atoms with Gasteiger partial charge in [0.25, 0.3) is 5.91 Å². The fraction of sp³-hybridized carbons (Fsp3) is 0.267. The number of piperidine rings is 1. The largest absolute Gasteiger partial charge is 0.466 e. The quantitative estimate of drug-likeness (QED) is 0.202. The molecule has 0 spiro atoms. The van der Waals surface area contributed by atoms with Gasteiger partial charge in [-0.2, -0.15) is 0 Å². The van der Waals surface area contributed by atoms with E-state index in [0.717, 1.165) is 34.7 Å². The van der Waals surface area contributed by atoms with E-state index < -0.39 is 0 Å². The van der Waals surface area contributed by atoms with Gasteiger partial charge in [0, 0.05) is 18.7 Å². The number of aromatic nitrogens is 2. The van der Waals surface area contributed by atoms with Gasteiger partial charge in [-0.1, -0.05) is 66.4 Å². The molecule has 4 aromatic rings. The molecule has 2 aromatic carbocycles. The van der Waals surface area contributed by atoms with Crippen LogP contribution in [0.4, 0.5) is 0 Å². The third-order valence-electron chi connectivity index (χ3n) is 6.49. The number of nitrogens with zero attached hydrogens (tertiary/aromatic N) is 3. The van der Waals surface area contributed by atoms with E-state index >= 15 is 0 Å². The van der Waals surface area contributed by atoms with Gasteiger partial charge in [-0.15, -0.1) is 10.2 Å². The first-order valence-corrected chi connectivity index (χ1v) is 13.8. The predicted octanol–water partition coefficient (Wildman–Crippen LogP) is 6.11. The average molecular weight is 528 g/mol. The molecule has 1 fully saturated rings. The molecule has 1 atom stereocenters. The second kappa shape index (κ2) is 12.1. The average Bonchev–Trinajstić information content (AvgIpc) is 3.46. The summed E-state index contributed by atoms with van der Waals surface area (Å²) in [5.74, 6) is 0.778. The maximum atomic E-state index is 12.9. The van der Waals surface area contributed by atoms with Crippen LogP contribution in [0.1, 0.15) is 36.1 Å². The van der Waals surface area contributed by atoms with Gasteiger partial charge in [-0.25, -0.2) is 0 Å². The van der Waals surface area contributed by atoms with Crippen molar-refractivity contribution >= 4 is 23.6 Å². The first kappa shape index (κ1) is 25.7. The highest BCUT2D eigenvalue weighted by Crippen LogP contribution is 2.27. The van der Waals surface area contributed by atoms with Crippen LogP contribution in [0.5, 0.6) is 0 Å². The Hall–Kier alpha value is -3.91. The molecule has 0 bridgehead atoms. The van der Waals surface area contributed by atoms with E-state index in [0.29, 0.717) is 31.2 Å². The van der Waals surface area contributed by atoms with E-state index in [2.05, 4.69) is 46.6 Å². The smallest absolute Gasteiger partial charge is 0.310 e. The number of thioether (sulfide) groups is 1. The van der Waals surface area contributed by atoms with Gasteiger partial charge in [0.05, 0.1) is 24.0 Å². The Kier molecular flexibility index (Phi) is 8.19. The van der Waals surface area contributed by atoms with Gasteiger partial charge in [0.2, 0.25) is 0 Å². The lowest BCUT2D eigenvalue weighted by atomic mass is 9.98. The first-order valence-electron chi connectivity index (χ1n) is 12.8. The summed E-state index contributed by atoms with van der Waals surface area (Å²) < 4.78 is 11.0. The van der Waals surface area contributed by atoms with Crippen molar-refractivity contribution < 1.29 is 18.7 Å². The monoisotopic (exact) mass is 527 g/mol. The molecule has 2 aromatic heterocycles. The van der Waals surface area contributed by atoms with Gasteiger partial charge < -0.3 is 14.1 Å². The standard InChI is InChI=1S/C30H29N3O4S/c1-2-36-30(35)24-9-6-18-33(19-24)29(34)27-16-14-25(37-27)20-38-28-17-15-26(31-32-28)23-12-10-22(11-13-23)21-7-4-3-5-8-21/h3-5,7-8,10-17,24H,2,6,9,18-20H2,1H3/t24-/m0/s1. The summed E-state index contributed by atoms with van der Waals surface area (Å²) in [5.41, 5.74) is 4.15. The Morgan fingerprint density at radius 1 is 0.947 bits per heavy atom. The Bertz CT molecular complexity index is 1370. The molecular formula is C30H29N3O4S. The number of benzene rings is 2. The molecule has 194 valence electrons. The second-order valence-electron chi connectivity index (χ2n) is 9.10. The zero-order valence-corrected chi connectivity index (χ0v) is 22.0. The number of carbonyl (C=O) groups is 2. The molecule has 1 amide bonds. The Balaban J connectivity index is 1.15. The maximum Gasteiger partial charge on any atom is 0.310 e. The molecule has 0 radical (unpaired) electrons. The Labute approximate surface area is 226 Å². The van der Waals surface area contributed by atoms with E-state index in [1.807, 2.05) is 36.4 Å². The zero-order chi connectivity index (χ0) is 26.3. The summed E-state index contributed by atoms with van der Waals surface area (Å²) in [6.07, 6.45) is 1.51. The van der Waals surface area contributed by atoms with Crippen LogP contribution >= 0.6 is 11.8 Å². The highest BCUT2D eigenvalue weighted by molar-refractivity contribution is 7.98. The van der Waals surface area contributed by atoms with Crippen LogP contribution in [0.25, 0.3) is 22.4 Å². The Morgan fingerprint density at radius 3 is 2.45 bits per heavy atom. The fourth-order valence-corrected chi connectivity index (χ4v) is 5.21. The normalized spacial score (nSPS) is 15.3. The molecule has 7 nitrogen and oxygen atoms in total. The van der Waals surface area contributed by atoms with Crippen molar-refractivity contribution in [2.24, 2.45) is 5.92 Å². The highest BCUT2D eigenvalue weighted by Gasteiger charge is 2.30. The topological polar surface area (TPSA) is 85.5 Å². The maximum absolute atomic E-state index is 12.9. The number of amides is 1. The number of ether oxygens (including phenoxy) is 1. The zero-order valence-electron chi connectivity index (χ0n) is 21.2. The molecule has 0 unspecified atom stereocenters. The van der Waals surface area contributed by atoms with Crippen LogP contribution in [0.2, 0.25) is 0 Å². The molecule has 5 rings (SSSR count). The lowest BCUT2D eigenvalue weighted by Crippen LogP contribution is -2.42. The fourth-order valence-electron chi connectivity index (χ4n) is 4.50. The number of furan rings is 1. The number of likely N-dealkylation sites (tertiary alicyclic amines) is 1. The van der Waals surface area contributed by atoms with E-state index in [9.17, 15) is 9.59 Å². The molecule has 0 aliphatic carbocycles. The molecule has 38 heavy (non-hydrogen) atoms. The van der Waals surface area contributed by atoms with Gasteiger partial charge >= 0.3 is 5.97 Å². The van der Waals surface area contributed by atoms with E-state index in [4.69, 9.17) is 9.15 Å². The Morgan fingerprint density at radius 2 is 1.71 bits per heavy atom. The van der Waals surface area contributed by atoms with E-state index in [-0.39, 0.29) is 23.6 Å². The first-order chi connectivity index (χ1) is 18.6. The summed E-state index contributed by atoms with van der Waals surface area (Å²) in [7, 11) is 0. The van der Waals surface area contributed by atoms with Crippen LogP contribution < -0.4 is 0 Å². The van der Waals surface area contributed by atoms with Crippen LogP contribution in [0.3, 0.4) is 0 Å². The third kappa shape index (κ3) is 6.14. The van der Waals surface area contributed by atoms with Crippen molar-refractivity contribution in [2.75, 3.05) is 19.7 Å². The van der Waals surface area contributed by atoms with Crippen molar-refractivity contribution in [3.05, 3.63) is 90.4 Å². The SMILES string of the molecule is CCOC(=O)[C@H]1CCCN(C(=O)c2ccc(CSc3ccc(-c4ccc(-c5ccccc5)cc4)nn3)o2)C1. The van der Waals surface area contributed by atoms with Crippen molar-refractivity contribution in [1.82, 2.24) is 15.1 Å². The van der Waals surface area contributed by atoms with Crippen molar-refractivity contribution in [3.8, 4) is 22.4 Å². The number of esters is 1. The van der Waals surface area contributed by atoms with Crippen LogP contribution in [-0.4, -0.2) is 46.7 Å². The molecule has 8 heteroatoms. The summed E-state index contributed by atoms with van der Waals surface area (Å²) in [4.78, 5) is 26.7. The number of rotatable bonds is 8. The van der Waals surface area contributed by atoms with Gasteiger partial charge in [0.1, 0.15) is 10.8 Å². The van der Waals surface area contributed by atoms with Crippen molar-refractivity contribution in [2.45, 2.75) is 30.5 Å². The van der Waals surface area contributed by atoms with Crippen molar-refractivity contribution in [1.29, 1.82) is 0 Å². The lowest BCUT2D eigenvalue weighted by molar-refractivity contribution is -0.149. The van der Waals surface area contributed by atoms with Gasteiger partial charge in [-0.3, -0.25) is 9.59 Å². The summed E-state index contributed by atoms with van der Waals surface area (Å²) in [6.45, 7) is 3.10. The minimum atomic E-state index is -0.277.